The summed E-state index contributed by atoms with van der Waals surface area (Å²) in [5, 5.41) is 0. The van der Waals surface area contributed by atoms with Gasteiger partial charge in [0.2, 0.25) is 0 Å². The van der Waals surface area contributed by atoms with E-state index in [1.54, 1.807) is 0 Å². The third-order valence-electron chi connectivity index (χ3n) is 11.0. The summed E-state index contributed by atoms with van der Waals surface area (Å²) in [6.07, 6.45) is 5.50. The third kappa shape index (κ3) is 3.78. The second-order valence-electron chi connectivity index (χ2n) is 13.3. The summed E-state index contributed by atoms with van der Waals surface area (Å²) in [6, 6.07) is 43.6. The average Bonchev–Trinajstić information content (AvgIpc) is 3.63. The lowest BCUT2D eigenvalue weighted by Crippen LogP contribution is -2.63. The van der Waals surface area contributed by atoms with Gasteiger partial charge in [0.1, 0.15) is 11.4 Å². The predicted molar refractivity (Wildman–Crippen MR) is 185 cm³/mol. The molecule has 1 aliphatic heterocycles. The predicted octanol–water partition coefficient (Wildman–Crippen LogP) is 9.79. The molecule has 8 rings (SSSR count). The Kier molecular flexibility index (Phi) is 6.29. The minimum atomic E-state index is -0.387. The first kappa shape index (κ1) is 27.8. The van der Waals surface area contributed by atoms with E-state index in [1.807, 2.05) is 0 Å². The number of rotatable bonds is 5. The van der Waals surface area contributed by atoms with Gasteiger partial charge in [-0.2, -0.15) is 0 Å². The molecule has 45 heavy (non-hydrogen) atoms. The molecule has 2 heteroatoms. The molecule has 0 saturated heterocycles. The van der Waals surface area contributed by atoms with Gasteiger partial charge in [-0.1, -0.05) is 123 Å². The van der Waals surface area contributed by atoms with Crippen molar-refractivity contribution >= 4 is 0 Å². The number of nitrogens with zero attached hydrogens (tertiary/aromatic N) is 2. The molecule has 0 fully saturated rings. The lowest BCUT2D eigenvalue weighted by Gasteiger charge is -2.36. The fourth-order valence-corrected chi connectivity index (χ4v) is 8.92. The van der Waals surface area contributed by atoms with Crippen LogP contribution in [0.5, 0.6) is 0 Å². The maximum atomic E-state index is 2.56. The van der Waals surface area contributed by atoms with Crippen molar-refractivity contribution in [2.45, 2.75) is 64.8 Å². The van der Waals surface area contributed by atoms with Crippen molar-refractivity contribution in [1.29, 1.82) is 0 Å². The Morgan fingerprint density at radius 1 is 0.644 bits per heavy atom. The van der Waals surface area contributed by atoms with E-state index in [9.17, 15) is 0 Å². The zero-order valence-corrected chi connectivity index (χ0v) is 27.1. The molecule has 0 bridgehead atoms. The van der Waals surface area contributed by atoms with Crippen LogP contribution in [-0.2, 0) is 17.4 Å². The summed E-state index contributed by atoms with van der Waals surface area (Å²) in [4.78, 5) is 0. The first-order valence-electron chi connectivity index (χ1n) is 16.5. The molecule has 0 N–H and O–H groups in total. The second-order valence-corrected chi connectivity index (χ2v) is 13.3. The standard InChI is InChI=1S/C43H41N2/c1-6-42(7-2)28-32-27-34(21-22-39(32)45-40(23-24-44(42)45)41-30(4)25-29(3)26-31(41)5)43(33-15-9-8-10-16-33)37-19-13-11-17-35(37)36-18-12-14-20-38(36)43/h8-27H,6-7,28H2,1-5H3/q+1. The molecule has 1 aliphatic carbocycles. The zero-order valence-electron chi connectivity index (χ0n) is 27.1. The van der Waals surface area contributed by atoms with E-state index >= 15 is 0 Å². The Morgan fingerprint density at radius 3 is 1.87 bits per heavy atom. The molecule has 0 saturated carbocycles. The van der Waals surface area contributed by atoms with Crippen molar-refractivity contribution in [2.24, 2.45) is 0 Å². The monoisotopic (exact) mass is 585 g/mol. The molecule has 2 heterocycles. The van der Waals surface area contributed by atoms with E-state index < -0.39 is 0 Å². The fraction of sp³-hybridized carbons (Fsp3) is 0.233. The van der Waals surface area contributed by atoms with E-state index in [0.29, 0.717) is 0 Å². The zero-order chi connectivity index (χ0) is 30.9. The molecule has 0 unspecified atom stereocenters. The summed E-state index contributed by atoms with van der Waals surface area (Å²) in [7, 11) is 0. The van der Waals surface area contributed by atoms with Crippen molar-refractivity contribution in [3.05, 3.63) is 166 Å². The molecule has 2 nitrogen and oxygen atoms in total. The van der Waals surface area contributed by atoms with Crippen LogP contribution in [0.4, 0.5) is 0 Å². The normalized spacial score (nSPS) is 15.2. The van der Waals surface area contributed by atoms with E-state index in [0.717, 1.165) is 19.3 Å². The highest BCUT2D eigenvalue weighted by Gasteiger charge is 2.49. The van der Waals surface area contributed by atoms with Gasteiger partial charge in [0.25, 0.3) is 0 Å². The van der Waals surface area contributed by atoms with Gasteiger partial charge in [0.15, 0.2) is 11.7 Å². The summed E-state index contributed by atoms with van der Waals surface area (Å²) in [5.41, 5.74) is 17.0. The number of aryl methyl sites for hydroxylation is 3. The van der Waals surface area contributed by atoms with Crippen molar-refractivity contribution in [3.63, 3.8) is 0 Å². The Morgan fingerprint density at radius 2 is 1.24 bits per heavy atom. The molecular formula is C43H41N2+. The number of fused-ring (bicyclic) bond motifs is 6. The van der Waals surface area contributed by atoms with Gasteiger partial charge in [0.05, 0.1) is 5.41 Å². The summed E-state index contributed by atoms with van der Waals surface area (Å²) >= 11 is 0. The fourth-order valence-electron chi connectivity index (χ4n) is 8.92. The molecular weight excluding hydrogens is 544 g/mol. The van der Waals surface area contributed by atoms with Gasteiger partial charge >= 0.3 is 0 Å². The Labute approximate surface area is 267 Å². The lowest BCUT2D eigenvalue weighted by atomic mass is 9.67. The molecule has 0 atom stereocenters. The Bertz CT molecular complexity index is 2020. The van der Waals surface area contributed by atoms with Crippen LogP contribution < -0.4 is 4.68 Å². The Balaban J connectivity index is 1.43. The van der Waals surface area contributed by atoms with Crippen LogP contribution in [0.25, 0.3) is 28.1 Å². The largest absolute Gasteiger partial charge is 0.197 e. The molecule has 0 amide bonds. The number of aromatic nitrogens is 2. The Hall–Kier alpha value is -4.69. The number of benzene rings is 5. The molecule has 1 aromatic heterocycles. The summed E-state index contributed by atoms with van der Waals surface area (Å²) < 4.78 is 5.09. The van der Waals surface area contributed by atoms with Crippen molar-refractivity contribution < 1.29 is 4.68 Å². The van der Waals surface area contributed by atoms with Crippen LogP contribution in [0.3, 0.4) is 0 Å². The molecule has 0 spiro atoms. The first-order valence-corrected chi connectivity index (χ1v) is 16.5. The quantitative estimate of drug-likeness (QED) is 0.178. The third-order valence-corrected chi connectivity index (χ3v) is 11.0. The maximum absolute atomic E-state index is 2.56. The van der Waals surface area contributed by atoms with E-state index in [4.69, 9.17) is 0 Å². The SMILES string of the molecule is CCC1(CC)Cc2cc(C3(c4ccccc4)c4ccccc4-c4ccccc43)ccc2-n2c(-c3c(C)cc(C)cc3C)cc[n+]21. The van der Waals surface area contributed by atoms with Crippen LogP contribution in [0.2, 0.25) is 0 Å². The van der Waals surface area contributed by atoms with Crippen LogP contribution in [0, 0.1) is 20.8 Å². The summed E-state index contributed by atoms with van der Waals surface area (Å²) in [6.45, 7) is 11.4. The molecule has 2 aliphatic rings. The molecule has 222 valence electrons. The highest BCUT2D eigenvalue weighted by Crippen LogP contribution is 2.56. The van der Waals surface area contributed by atoms with E-state index in [1.165, 1.54) is 72.6 Å². The lowest BCUT2D eigenvalue weighted by molar-refractivity contribution is -0.830. The maximum Gasteiger partial charge on any atom is 0.197 e. The molecule has 0 radical (unpaired) electrons. The van der Waals surface area contributed by atoms with Crippen LogP contribution in [0.15, 0.2) is 121 Å². The van der Waals surface area contributed by atoms with Crippen LogP contribution in [-0.4, -0.2) is 4.68 Å². The van der Waals surface area contributed by atoms with Gasteiger partial charge in [-0.25, -0.2) is 0 Å². The van der Waals surface area contributed by atoms with Crippen LogP contribution >= 0.6 is 0 Å². The van der Waals surface area contributed by atoms with Crippen molar-refractivity contribution in [2.75, 3.05) is 0 Å². The summed E-state index contributed by atoms with van der Waals surface area (Å²) in [5.74, 6) is 0. The topological polar surface area (TPSA) is 8.81 Å². The van der Waals surface area contributed by atoms with Crippen molar-refractivity contribution in [3.8, 4) is 28.1 Å². The average molecular weight is 586 g/mol. The van der Waals surface area contributed by atoms with Gasteiger partial charge in [-0.15, -0.1) is 9.36 Å². The number of hydrogen-bond acceptors (Lipinski definition) is 0. The second kappa shape index (κ2) is 10.2. The minimum Gasteiger partial charge on any atom is -0.120 e. The smallest absolute Gasteiger partial charge is 0.120 e. The molecule has 6 aromatic rings. The highest BCUT2D eigenvalue weighted by molar-refractivity contribution is 5.86. The van der Waals surface area contributed by atoms with Gasteiger partial charge < -0.3 is 0 Å². The first-order chi connectivity index (χ1) is 21.9. The van der Waals surface area contributed by atoms with Gasteiger partial charge in [-0.3, -0.25) is 0 Å². The molecule has 5 aromatic carbocycles. The number of hydrogen-bond donors (Lipinski definition) is 0. The van der Waals surface area contributed by atoms with Gasteiger partial charge in [-0.05, 0) is 76.9 Å². The minimum absolute atomic E-state index is 0.00177. The highest BCUT2D eigenvalue weighted by atomic mass is 15.4. The van der Waals surface area contributed by atoms with E-state index in [2.05, 4.69) is 165 Å². The van der Waals surface area contributed by atoms with E-state index in [-0.39, 0.29) is 11.0 Å². The van der Waals surface area contributed by atoms with Gasteiger partial charge in [0, 0.05) is 30.9 Å². The van der Waals surface area contributed by atoms with Crippen LogP contribution in [0.1, 0.15) is 71.2 Å². The van der Waals surface area contributed by atoms with Crippen molar-refractivity contribution in [1.82, 2.24) is 4.68 Å².